The summed E-state index contributed by atoms with van der Waals surface area (Å²) in [7, 11) is 0. The molecule has 2 aliphatic heterocycles. The Labute approximate surface area is 153 Å². The van der Waals surface area contributed by atoms with Gasteiger partial charge in [0.1, 0.15) is 18.3 Å². The molecule has 26 heavy (non-hydrogen) atoms. The van der Waals surface area contributed by atoms with Crippen LogP contribution < -0.4 is 0 Å². The van der Waals surface area contributed by atoms with E-state index in [2.05, 4.69) is 27.1 Å². The van der Waals surface area contributed by atoms with E-state index in [1.54, 1.807) is 12.7 Å². The third kappa shape index (κ3) is 3.93. The van der Waals surface area contributed by atoms with Crippen LogP contribution in [0, 0.1) is 11.3 Å². The second-order valence-electron chi connectivity index (χ2n) is 7.15. The zero-order valence-corrected chi connectivity index (χ0v) is 14.8. The zero-order chi connectivity index (χ0) is 17.8. The molecular formula is C19H23N5O2. The summed E-state index contributed by atoms with van der Waals surface area (Å²) in [4.78, 5) is 6.37. The molecule has 2 atom stereocenters. The quantitative estimate of drug-likeness (QED) is 0.831. The van der Waals surface area contributed by atoms with Gasteiger partial charge in [-0.1, -0.05) is 12.1 Å². The molecule has 2 aromatic rings. The van der Waals surface area contributed by atoms with Gasteiger partial charge in [0.2, 0.25) is 0 Å². The van der Waals surface area contributed by atoms with Crippen LogP contribution in [0.15, 0.2) is 36.9 Å². The summed E-state index contributed by atoms with van der Waals surface area (Å²) >= 11 is 0. The van der Waals surface area contributed by atoms with Gasteiger partial charge in [0.15, 0.2) is 0 Å². The van der Waals surface area contributed by atoms with E-state index in [1.807, 2.05) is 22.9 Å². The summed E-state index contributed by atoms with van der Waals surface area (Å²) in [6, 6.07) is 10.0. The molecule has 0 saturated carbocycles. The van der Waals surface area contributed by atoms with Crippen LogP contribution in [0.5, 0.6) is 0 Å². The fourth-order valence-corrected chi connectivity index (χ4v) is 3.90. The Balaban J connectivity index is 1.42. The molecule has 1 aromatic heterocycles. The lowest BCUT2D eigenvalue weighted by molar-refractivity contribution is -0.0905. The highest BCUT2D eigenvalue weighted by Gasteiger charge is 2.43. The van der Waals surface area contributed by atoms with Gasteiger partial charge in [0, 0.05) is 19.6 Å². The van der Waals surface area contributed by atoms with Crippen LogP contribution in [0.2, 0.25) is 0 Å². The summed E-state index contributed by atoms with van der Waals surface area (Å²) < 4.78 is 14.1. The first-order chi connectivity index (χ1) is 12.7. The van der Waals surface area contributed by atoms with Crippen LogP contribution in [0.4, 0.5) is 0 Å². The van der Waals surface area contributed by atoms with Crippen molar-refractivity contribution in [2.45, 2.75) is 37.6 Å². The molecule has 1 aromatic carbocycles. The van der Waals surface area contributed by atoms with Gasteiger partial charge < -0.3 is 9.47 Å². The highest BCUT2D eigenvalue weighted by atomic mass is 16.6. The van der Waals surface area contributed by atoms with Gasteiger partial charge in [-0.25, -0.2) is 4.98 Å². The summed E-state index contributed by atoms with van der Waals surface area (Å²) in [6.45, 7) is 4.59. The van der Waals surface area contributed by atoms with Crippen molar-refractivity contribution >= 4 is 0 Å². The minimum Gasteiger partial charge on any atom is -0.377 e. The van der Waals surface area contributed by atoms with Crippen LogP contribution in [0.1, 0.15) is 24.0 Å². The van der Waals surface area contributed by atoms with Crippen LogP contribution in [-0.4, -0.2) is 57.7 Å². The van der Waals surface area contributed by atoms with E-state index in [1.165, 1.54) is 0 Å². The van der Waals surface area contributed by atoms with Crippen LogP contribution >= 0.6 is 0 Å². The summed E-state index contributed by atoms with van der Waals surface area (Å²) in [5.74, 6) is 0. The normalized spacial score (nSPS) is 26.7. The molecular weight excluding hydrogens is 330 g/mol. The van der Waals surface area contributed by atoms with Crippen molar-refractivity contribution < 1.29 is 9.47 Å². The highest BCUT2D eigenvalue weighted by molar-refractivity contribution is 5.32. The van der Waals surface area contributed by atoms with Gasteiger partial charge >= 0.3 is 0 Å². The predicted molar refractivity (Wildman–Crippen MR) is 94.1 cm³/mol. The van der Waals surface area contributed by atoms with Crippen molar-refractivity contribution in [3.8, 4) is 6.07 Å². The van der Waals surface area contributed by atoms with E-state index < -0.39 is 0 Å². The SMILES string of the molecule is N#Cc1cccc(CN2CCOC[C@@]3(CC[C@H](Cn4cncn4)O3)C2)c1. The number of hydrogen-bond acceptors (Lipinski definition) is 6. The maximum atomic E-state index is 9.10. The molecule has 0 bridgehead atoms. The van der Waals surface area contributed by atoms with E-state index in [9.17, 15) is 0 Å². The lowest BCUT2D eigenvalue weighted by Crippen LogP contribution is -2.44. The number of aromatic nitrogens is 3. The van der Waals surface area contributed by atoms with Gasteiger partial charge in [-0.2, -0.15) is 10.4 Å². The third-order valence-electron chi connectivity index (χ3n) is 5.09. The van der Waals surface area contributed by atoms with Crippen LogP contribution in [0.25, 0.3) is 0 Å². The molecule has 7 heteroatoms. The molecule has 0 N–H and O–H groups in total. The molecule has 1 spiro atoms. The van der Waals surface area contributed by atoms with Crippen molar-refractivity contribution in [1.29, 1.82) is 5.26 Å². The topological polar surface area (TPSA) is 76.2 Å². The van der Waals surface area contributed by atoms with Crippen molar-refractivity contribution in [3.63, 3.8) is 0 Å². The van der Waals surface area contributed by atoms with E-state index in [-0.39, 0.29) is 11.7 Å². The maximum Gasteiger partial charge on any atom is 0.137 e. The molecule has 3 heterocycles. The molecule has 2 aliphatic rings. The second-order valence-corrected chi connectivity index (χ2v) is 7.15. The lowest BCUT2D eigenvalue weighted by Gasteiger charge is -2.32. The number of ether oxygens (including phenoxy) is 2. The molecule has 7 nitrogen and oxygen atoms in total. The van der Waals surface area contributed by atoms with Crippen molar-refractivity contribution in [2.24, 2.45) is 0 Å². The van der Waals surface area contributed by atoms with E-state index in [4.69, 9.17) is 14.7 Å². The Bertz CT molecular complexity index is 772. The fourth-order valence-electron chi connectivity index (χ4n) is 3.90. The largest absolute Gasteiger partial charge is 0.377 e. The molecule has 0 unspecified atom stereocenters. The van der Waals surface area contributed by atoms with Crippen molar-refractivity contribution in [1.82, 2.24) is 19.7 Å². The first-order valence-corrected chi connectivity index (χ1v) is 9.04. The van der Waals surface area contributed by atoms with Crippen molar-refractivity contribution in [3.05, 3.63) is 48.0 Å². The average Bonchev–Trinajstić information content (AvgIpc) is 3.25. The molecule has 0 aliphatic carbocycles. The number of hydrogen-bond donors (Lipinski definition) is 0. The van der Waals surface area contributed by atoms with E-state index >= 15 is 0 Å². The summed E-state index contributed by atoms with van der Waals surface area (Å²) in [5.41, 5.74) is 1.60. The number of rotatable bonds is 4. The molecule has 0 radical (unpaired) electrons. The van der Waals surface area contributed by atoms with Gasteiger partial charge in [-0.05, 0) is 30.5 Å². The minimum atomic E-state index is -0.255. The monoisotopic (exact) mass is 353 g/mol. The molecule has 136 valence electrons. The second kappa shape index (κ2) is 7.54. The Morgan fingerprint density at radius 2 is 2.35 bits per heavy atom. The minimum absolute atomic E-state index is 0.141. The van der Waals surface area contributed by atoms with E-state index in [0.29, 0.717) is 18.8 Å². The van der Waals surface area contributed by atoms with Crippen LogP contribution in [-0.2, 0) is 22.6 Å². The fraction of sp³-hybridized carbons (Fsp3) is 0.526. The standard InChI is InChI=1S/C19H23N5O2/c20-9-16-2-1-3-17(8-16)10-23-6-7-25-13-19(12-23)5-4-18(26-19)11-24-15-21-14-22-24/h1-3,8,14-15,18H,4-7,10-13H2/t18-,19-/m1/s1. The zero-order valence-electron chi connectivity index (χ0n) is 14.8. The van der Waals surface area contributed by atoms with Gasteiger partial charge in [0.25, 0.3) is 0 Å². The lowest BCUT2D eigenvalue weighted by atomic mass is 9.99. The molecule has 0 amide bonds. The van der Waals surface area contributed by atoms with Gasteiger partial charge in [0.05, 0.1) is 37.5 Å². The molecule has 4 rings (SSSR count). The van der Waals surface area contributed by atoms with Gasteiger partial charge in [-0.3, -0.25) is 9.58 Å². The average molecular weight is 353 g/mol. The predicted octanol–water partition coefficient (Wildman–Crippen LogP) is 1.60. The summed E-state index contributed by atoms with van der Waals surface area (Å²) in [5, 5.41) is 13.3. The van der Waals surface area contributed by atoms with Gasteiger partial charge in [-0.15, -0.1) is 0 Å². The Morgan fingerprint density at radius 1 is 1.38 bits per heavy atom. The first-order valence-electron chi connectivity index (χ1n) is 9.04. The number of benzene rings is 1. The Morgan fingerprint density at radius 3 is 3.19 bits per heavy atom. The number of nitriles is 1. The Hall–Kier alpha value is -2.27. The van der Waals surface area contributed by atoms with E-state index in [0.717, 1.165) is 44.6 Å². The number of nitrogens with zero attached hydrogens (tertiary/aromatic N) is 5. The highest BCUT2D eigenvalue weighted by Crippen LogP contribution is 2.34. The molecule has 2 saturated heterocycles. The first kappa shape index (κ1) is 17.2. The van der Waals surface area contributed by atoms with Crippen molar-refractivity contribution in [2.75, 3.05) is 26.3 Å². The molecule has 2 fully saturated rings. The maximum absolute atomic E-state index is 9.10. The third-order valence-corrected chi connectivity index (χ3v) is 5.09. The Kier molecular flexibility index (Phi) is 4.98. The smallest absolute Gasteiger partial charge is 0.137 e. The van der Waals surface area contributed by atoms with Crippen LogP contribution in [0.3, 0.4) is 0 Å². The summed E-state index contributed by atoms with van der Waals surface area (Å²) in [6.07, 6.45) is 5.41.